The van der Waals surface area contributed by atoms with E-state index < -0.39 is 30.0 Å². The molecule has 3 atom stereocenters. The second-order valence-corrected chi connectivity index (χ2v) is 9.53. The van der Waals surface area contributed by atoms with Crippen molar-refractivity contribution < 1.29 is 24.2 Å². The maximum Gasteiger partial charge on any atom is 0.358 e. The van der Waals surface area contributed by atoms with Crippen molar-refractivity contribution in [2.75, 3.05) is 6.61 Å². The van der Waals surface area contributed by atoms with E-state index in [1.54, 1.807) is 18.2 Å². The largest absolute Gasteiger partial charge is 0.454 e. The molecule has 1 amide bonds. The Morgan fingerprint density at radius 3 is 2.34 bits per heavy atom. The number of hydrogen-bond donors (Lipinski definition) is 2. The molecule has 35 heavy (non-hydrogen) atoms. The van der Waals surface area contributed by atoms with Crippen LogP contribution in [0.15, 0.2) is 60.8 Å². The Kier molecular flexibility index (Phi) is 8.89. The second kappa shape index (κ2) is 11.9. The molecule has 8 nitrogen and oxygen atoms in total. The van der Waals surface area contributed by atoms with E-state index in [1.807, 2.05) is 57.2 Å². The van der Waals surface area contributed by atoms with Gasteiger partial charge in [-0.2, -0.15) is 0 Å². The van der Waals surface area contributed by atoms with Gasteiger partial charge in [-0.15, -0.1) is 0 Å². The van der Waals surface area contributed by atoms with E-state index in [9.17, 15) is 14.7 Å². The molecular weight excluding hydrogens is 446 g/mol. The smallest absolute Gasteiger partial charge is 0.358 e. The van der Waals surface area contributed by atoms with Crippen molar-refractivity contribution in [3.8, 4) is 0 Å². The van der Waals surface area contributed by atoms with E-state index in [1.165, 1.54) is 6.20 Å². The standard InChI is InChI=1S/C27H33N3O5/c1-27(2,3)34-14-13-19(25(28)32)16-23(31)24(15-18-9-5-4-6-10-18)35-26(33)22-17-29-20-11-7-8-12-21(20)30-22/h4-12,17,19,23-24,31H,13-16H2,1-3H3,(H2,28,32)/t19-,23+,24+/m1/s1. The van der Waals surface area contributed by atoms with Crippen LogP contribution in [0.25, 0.3) is 11.0 Å². The quantitative estimate of drug-likeness (QED) is 0.404. The number of rotatable bonds is 11. The number of esters is 1. The zero-order valence-electron chi connectivity index (χ0n) is 20.4. The highest BCUT2D eigenvalue weighted by Gasteiger charge is 2.30. The van der Waals surface area contributed by atoms with Crippen molar-refractivity contribution in [3.63, 3.8) is 0 Å². The number of aliphatic hydroxyl groups is 1. The zero-order valence-corrected chi connectivity index (χ0v) is 20.4. The molecule has 0 fully saturated rings. The molecule has 0 radical (unpaired) electrons. The molecule has 0 unspecified atom stereocenters. The fraction of sp³-hybridized carbons (Fsp3) is 0.407. The maximum atomic E-state index is 12.9. The summed E-state index contributed by atoms with van der Waals surface area (Å²) >= 11 is 0. The molecule has 0 aliphatic carbocycles. The normalized spacial score (nSPS) is 14.3. The summed E-state index contributed by atoms with van der Waals surface area (Å²) in [5, 5.41) is 11.1. The van der Waals surface area contributed by atoms with Gasteiger partial charge in [0.05, 0.1) is 28.9 Å². The lowest BCUT2D eigenvalue weighted by Crippen LogP contribution is -2.38. The summed E-state index contributed by atoms with van der Waals surface area (Å²) in [5.74, 6) is -1.87. The summed E-state index contributed by atoms with van der Waals surface area (Å²) in [5.41, 5.74) is 7.39. The number of ether oxygens (including phenoxy) is 2. The average molecular weight is 480 g/mol. The monoisotopic (exact) mass is 479 g/mol. The number of hydrogen-bond acceptors (Lipinski definition) is 7. The van der Waals surface area contributed by atoms with Gasteiger partial charge in [0.2, 0.25) is 5.91 Å². The van der Waals surface area contributed by atoms with Crippen LogP contribution in [0.3, 0.4) is 0 Å². The minimum absolute atomic E-state index is 0.0387. The molecule has 1 aromatic heterocycles. The van der Waals surface area contributed by atoms with Gasteiger partial charge in [0.15, 0.2) is 5.69 Å². The molecule has 3 aromatic rings. The van der Waals surface area contributed by atoms with Gasteiger partial charge in [0.1, 0.15) is 6.10 Å². The van der Waals surface area contributed by atoms with Crippen LogP contribution in [0.4, 0.5) is 0 Å². The van der Waals surface area contributed by atoms with Gasteiger partial charge in [-0.05, 0) is 51.3 Å². The third-order valence-electron chi connectivity index (χ3n) is 5.55. The predicted octanol–water partition coefficient (Wildman–Crippen LogP) is 3.46. The van der Waals surface area contributed by atoms with E-state index in [0.717, 1.165) is 5.56 Å². The van der Waals surface area contributed by atoms with Crippen LogP contribution in [-0.2, 0) is 20.7 Å². The van der Waals surface area contributed by atoms with Gasteiger partial charge in [0, 0.05) is 18.9 Å². The molecule has 2 aromatic carbocycles. The highest BCUT2D eigenvalue weighted by molar-refractivity contribution is 5.89. The van der Waals surface area contributed by atoms with Crippen molar-refractivity contribution in [1.29, 1.82) is 0 Å². The topological polar surface area (TPSA) is 125 Å². The van der Waals surface area contributed by atoms with Crippen LogP contribution < -0.4 is 5.73 Å². The van der Waals surface area contributed by atoms with Crippen molar-refractivity contribution in [2.45, 2.75) is 57.8 Å². The number of primary amides is 1. The summed E-state index contributed by atoms with van der Waals surface area (Å²) in [4.78, 5) is 33.6. The van der Waals surface area contributed by atoms with E-state index in [-0.39, 0.29) is 24.1 Å². The highest BCUT2D eigenvalue weighted by atomic mass is 16.6. The van der Waals surface area contributed by atoms with Crippen LogP contribution >= 0.6 is 0 Å². The molecule has 0 spiro atoms. The summed E-state index contributed by atoms with van der Waals surface area (Å²) in [6.07, 6.45) is -0.0305. The number of aliphatic hydroxyl groups excluding tert-OH is 1. The number of aromatic nitrogens is 2. The molecule has 186 valence electrons. The maximum absolute atomic E-state index is 12.9. The van der Waals surface area contributed by atoms with Crippen molar-refractivity contribution >= 4 is 22.9 Å². The molecule has 0 saturated heterocycles. The van der Waals surface area contributed by atoms with Crippen molar-refractivity contribution in [2.24, 2.45) is 11.7 Å². The number of amides is 1. The fourth-order valence-corrected chi connectivity index (χ4v) is 3.68. The average Bonchev–Trinajstić information content (AvgIpc) is 2.82. The van der Waals surface area contributed by atoms with Crippen LogP contribution in [0, 0.1) is 5.92 Å². The number of carbonyl (C=O) groups excluding carboxylic acids is 2. The van der Waals surface area contributed by atoms with Gasteiger partial charge < -0.3 is 20.3 Å². The molecule has 0 bridgehead atoms. The minimum Gasteiger partial charge on any atom is -0.454 e. The Morgan fingerprint density at radius 2 is 1.69 bits per heavy atom. The zero-order chi connectivity index (χ0) is 25.4. The lowest BCUT2D eigenvalue weighted by atomic mass is 9.92. The van der Waals surface area contributed by atoms with Gasteiger partial charge in [-0.3, -0.25) is 9.78 Å². The molecule has 0 saturated carbocycles. The summed E-state index contributed by atoms with van der Waals surface area (Å²) < 4.78 is 11.4. The minimum atomic E-state index is -1.13. The Morgan fingerprint density at radius 1 is 1.03 bits per heavy atom. The van der Waals surface area contributed by atoms with E-state index >= 15 is 0 Å². The lowest BCUT2D eigenvalue weighted by Gasteiger charge is -2.26. The molecule has 3 N–H and O–H groups in total. The molecule has 0 aliphatic rings. The fourth-order valence-electron chi connectivity index (χ4n) is 3.68. The Labute approximate surface area is 205 Å². The number of carbonyl (C=O) groups is 2. The Bertz CT molecular complexity index is 1130. The first-order valence-electron chi connectivity index (χ1n) is 11.7. The molecule has 3 rings (SSSR count). The van der Waals surface area contributed by atoms with Gasteiger partial charge in [-0.25, -0.2) is 9.78 Å². The number of benzene rings is 2. The van der Waals surface area contributed by atoms with Gasteiger partial charge in [-0.1, -0.05) is 42.5 Å². The first kappa shape index (κ1) is 26.2. The van der Waals surface area contributed by atoms with Crippen molar-refractivity contribution in [1.82, 2.24) is 9.97 Å². The first-order valence-corrected chi connectivity index (χ1v) is 11.7. The van der Waals surface area contributed by atoms with Crippen LogP contribution in [0.1, 0.15) is 49.7 Å². The second-order valence-electron chi connectivity index (χ2n) is 9.53. The summed E-state index contributed by atoms with van der Waals surface area (Å²) in [7, 11) is 0. The molecular formula is C27H33N3O5. The molecule has 1 heterocycles. The molecule has 0 aliphatic heterocycles. The summed E-state index contributed by atoms with van der Waals surface area (Å²) in [6.45, 7) is 6.09. The SMILES string of the molecule is CC(C)(C)OCC[C@H](C[C@H](O)[C@H](Cc1ccccc1)OC(=O)c1cnc2ccccc2n1)C(N)=O. The lowest BCUT2D eigenvalue weighted by molar-refractivity contribution is -0.125. The van der Waals surface area contributed by atoms with E-state index in [2.05, 4.69) is 9.97 Å². The Hall–Kier alpha value is -3.36. The Balaban J connectivity index is 1.75. The number of para-hydroxylation sites is 2. The van der Waals surface area contributed by atoms with Gasteiger partial charge in [0.25, 0.3) is 0 Å². The number of nitrogens with zero attached hydrogens (tertiary/aromatic N) is 2. The number of nitrogens with two attached hydrogens (primary N) is 1. The van der Waals surface area contributed by atoms with Crippen LogP contribution in [0.2, 0.25) is 0 Å². The summed E-state index contributed by atoms with van der Waals surface area (Å²) in [6, 6.07) is 16.6. The van der Waals surface area contributed by atoms with E-state index in [4.69, 9.17) is 15.2 Å². The van der Waals surface area contributed by atoms with E-state index in [0.29, 0.717) is 24.1 Å². The van der Waals surface area contributed by atoms with Crippen LogP contribution in [0.5, 0.6) is 0 Å². The first-order chi connectivity index (χ1) is 16.6. The third kappa shape index (κ3) is 8.12. The predicted molar refractivity (Wildman–Crippen MR) is 133 cm³/mol. The number of fused-ring (bicyclic) bond motifs is 1. The van der Waals surface area contributed by atoms with Crippen LogP contribution in [-0.4, -0.2) is 51.4 Å². The van der Waals surface area contributed by atoms with Crippen molar-refractivity contribution in [3.05, 3.63) is 72.1 Å². The third-order valence-corrected chi connectivity index (χ3v) is 5.55. The van der Waals surface area contributed by atoms with Gasteiger partial charge >= 0.3 is 5.97 Å². The highest BCUT2D eigenvalue weighted by Crippen LogP contribution is 2.21. The molecule has 8 heteroatoms.